The molecule has 0 radical (unpaired) electrons. The largest absolute Gasteiger partial charge is 0.478 e. The summed E-state index contributed by atoms with van der Waals surface area (Å²) in [4.78, 5) is 23.6. The van der Waals surface area contributed by atoms with Crippen molar-refractivity contribution in [2.45, 2.75) is 26.7 Å². The summed E-state index contributed by atoms with van der Waals surface area (Å²) in [5.74, 6) is -1.16. The summed E-state index contributed by atoms with van der Waals surface area (Å²) in [6.45, 7) is 4.46. The number of hydrogen-bond acceptors (Lipinski definition) is 3. The Morgan fingerprint density at radius 2 is 2.05 bits per heavy atom. The first-order chi connectivity index (χ1) is 9.04. The first-order valence-corrected chi connectivity index (χ1v) is 6.45. The van der Waals surface area contributed by atoms with E-state index in [4.69, 9.17) is 0 Å². The fourth-order valence-corrected chi connectivity index (χ4v) is 2.42. The van der Waals surface area contributed by atoms with Gasteiger partial charge in [0.2, 0.25) is 5.91 Å². The molecule has 0 spiro atoms. The summed E-state index contributed by atoms with van der Waals surface area (Å²) in [5.41, 5.74) is 0.650. The fourth-order valence-electron chi connectivity index (χ4n) is 2.42. The number of benzene rings is 1. The lowest BCUT2D eigenvalue weighted by molar-refractivity contribution is -0.125. The van der Waals surface area contributed by atoms with Gasteiger partial charge in [-0.1, -0.05) is 19.9 Å². The molecule has 1 heterocycles. The maximum Gasteiger partial charge on any atom is 0.337 e. The third-order valence-electron chi connectivity index (χ3n) is 3.99. The number of amides is 1. The van der Waals surface area contributed by atoms with Crippen LogP contribution in [0.25, 0.3) is 0 Å². The Labute approximate surface area is 112 Å². The van der Waals surface area contributed by atoms with Crippen molar-refractivity contribution in [2.75, 3.05) is 17.2 Å². The molecule has 5 nitrogen and oxygen atoms in total. The van der Waals surface area contributed by atoms with E-state index in [0.29, 0.717) is 30.8 Å². The maximum absolute atomic E-state index is 12.4. The molecule has 0 fully saturated rings. The minimum atomic E-state index is -1.04. The number of carbonyl (C=O) groups excluding carboxylic acids is 1. The number of fused-ring (bicyclic) bond motifs is 1. The van der Waals surface area contributed by atoms with Crippen LogP contribution < -0.4 is 10.6 Å². The van der Waals surface area contributed by atoms with Gasteiger partial charge in [0.05, 0.1) is 22.4 Å². The van der Waals surface area contributed by atoms with Gasteiger partial charge in [-0.2, -0.15) is 0 Å². The predicted octanol–water partition coefficient (Wildman–Crippen LogP) is 2.56. The number of carboxylic acid groups (broad SMARTS) is 1. The van der Waals surface area contributed by atoms with Gasteiger partial charge in [0.15, 0.2) is 0 Å². The second kappa shape index (κ2) is 4.91. The lowest BCUT2D eigenvalue weighted by Crippen LogP contribution is -2.39. The third kappa shape index (κ3) is 2.16. The molecule has 0 saturated carbocycles. The van der Waals surface area contributed by atoms with Crippen molar-refractivity contribution in [3.8, 4) is 0 Å². The minimum absolute atomic E-state index is 0.112. The second-order valence-corrected chi connectivity index (χ2v) is 4.83. The molecule has 19 heavy (non-hydrogen) atoms. The maximum atomic E-state index is 12.4. The van der Waals surface area contributed by atoms with Gasteiger partial charge in [0, 0.05) is 6.54 Å². The van der Waals surface area contributed by atoms with E-state index >= 15 is 0 Å². The molecule has 102 valence electrons. The van der Waals surface area contributed by atoms with Gasteiger partial charge in [0.1, 0.15) is 0 Å². The summed E-state index contributed by atoms with van der Waals surface area (Å²) < 4.78 is 0. The van der Waals surface area contributed by atoms with Gasteiger partial charge in [-0.05, 0) is 25.0 Å². The quantitative estimate of drug-likeness (QED) is 0.782. The molecule has 5 heteroatoms. The zero-order chi connectivity index (χ0) is 14.0. The molecule has 1 aromatic rings. The lowest BCUT2D eigenvalue weighted by Gasteiger charge is -2.27. The van der Waals surface area contributed by atoms with Crippen LogP contribution in [0, 0.1) is 5.41 Å². The first kappa shape index (κ1) is 13.4. The highest BCUT2D eigenvalue weighted by Gasteiger charge is 2.38. The number of hydrogen-bond donors (Lipinski definition) is 3. The van der Waals surface area contributed by atoms with E-state index in [1.165, 1.54) is 6.07 Å². The van der Waals surface area contributed by atoms with Crippen LogP contribution in [-0.4, -0.2) is 23.5 Å². The molecule has 0 saturated heterocycles. The van der Waals surface area contributed by atoms with Gasteiger partial charge < -0.3 is 15.7 Å². The number of aromatic carboxylic acids is 1. The van der Waals surface area contributed by atoms with Crippen LogP contribution in [0.5, 0.6) is 0 Å². The van der Waals surface area contributed by atoms with Crippen LogP contribution in [-0.2, 0) is 4.79 Å². The van der Waals surface area contributed by atoms with Crippen molar-refractivity contribution in [1.82, 2.24) is 0 Å². The van der Waals surface area contributed by atoms with Crippen LogP contribution in [0.2, 0.25) is 0 Å². The van der Waals surface area contributed by atoms with Gasteiger partial charge in [-0.3, -0.25) is 4.79 Å². The van der Waals surface area contributed by atoms with Gasteiger partial charge >= 0.3 is 5.97 Å². The summed E-state index contributed by atoms with van der Waals surface area (Å²) in [7, 11) is 0. The zero-order valence-corrected chi connectivity index (χ0v) is 11.1. The molecule has 0 atom stereocenters. The van der Waals surface area contributed by atoms with Crippen LogP contribution >= 0.6 is 0 Å². The molecule has 1 aromatic carbocycles. The topological polar surface area (TPSA) is 78.4 Å². The molecular weight excluding hydrogens is 244 g/mol. The standard InChI is InChI=1S/C14H18N2O3/c1-3-14(4-2)8-15-10-7-5-6-9(12(17)18)11(10)16-13(14)19/h5-7,15H,3-4,8H2,1-2H3,(H,16,19)(H,17,18). The highest BCUT2D eigenvalue weighted by Crippen LogP contribution is 2.36. The van der Waals surface area contributed by atoms with Gasteiger partial charge in [-0.15, -0.1) is 0 Å². The Kier molecular flexibility index (Phi) is 3.46. The van der Waals surface area contributed by atoms with E-state index in [1.807, 2.05) is 13.8 Å². The lowest BCUT2D eigenvalue weighted by atomic mass is 9.81. The molecule has 1 aliphatic rings. The van der Waals surface area contributed by atoms with Crippen LogP contribution in [0.1, 0.15) is 37.0 Å². The Morgan fingerprint density at radius 3 is 2.63 bits per heavy atom. The average molecular weight is 262 g/mol. The molecule has 0 bridgehead atoms. The van der Waals surface area contributed by atoms with Crippen molar-refractivity contribution >= 4 is 23.3 Å². The van der Waals surface area contributed by atoms with Crippen LogP contribution in [0.4, 0.5) is 11.4 Å². The second-order valence-electron chi connectivity index (χ2n) is 4.83. The summed E-state index contributed by atoms with van der Waals surface area (Å²) in [6.07, 6.45) is 1.41. The van der Waals surface area contributed by atoms with Gasteiger partial charge in [0.25, 0.3) is 0 Å². The van der Waals surface area contributed by atoms with Crippen molar-refractivity contribution in [3.63, 3.8) is 0 Å². The Balaban J connectivity index is 2.48. The molecule has 1 aliphatic heterocycles. The minimum Gasteiger partial charge on any atom is -0.478 e. The molecule has 2 rings (SSSR count). The molecule has 0 aromatic heterocycles. The number of para-hydroxylation sites is 1. The molecular formula is C14H18N2O3. The van der Waals surface area contributed by atoms with Crippen molar-refractivity contribution in [2.24, 2.45) is 5.41 Å². The number of rotatable bonds is 3. The summed E-state index contributed by atoms with van der Waals surface area (Å²) in [6, 6.07) is 4.95. The zero-order valence-electron chi connectivity index (χ0n) is 11.1. The number of carboxylic acids is 1. The molecule has 0 aliphatic carbocycles. The Morgan fingerprint density at radius 1 is 1.37 bits per heavy atom. The van der Waals surface area contributed by atoms with E-state index in [1.54, 1.807) is 12.1 Å². The highest BCUT2D eigenvalue weighted by atomic mass is 16.4. The third-order valence-corrected chi connectivity index (χ3v) is 3.99. The van der Waals surface area contributed by atoms with Crippen molar-refractivity contribution < 1.29 is 14.7 Å². The fraction of sp³-hybridized carbons (Fsp3) is 0.429. The van der Waals surface area contributed by atoms with Crippen LogP contribution in [0.3, 0.4) is 0 Å². The van der Waals surface area contributed by atoms with E-state index in [2.05, 4.69) is 10.6 Å². The van der Waals surface area contributed by atoms with E-state index < -0.39 is 11.4 Å². The number of carbonyl (C=O) groups is 2. The Bertz CT molecular complexity index is 521. The number of anilines is 2. The monoisotopic (exact) mass is 262 g/mol. The van der Waals surface area contributed by atoms with Crippen molar-refractivity contribution in [3.05, 3.63) is 23.8 Å². The first-order valence-electron chi connectivity index (χ1n) is 6.45. The number of nitrogens with one attached hydrogen (secondary N) is 2. The van der Waals surface area contributed by atoms with E-state index in [-0.39, 0.29) is 11.5 Å². The van der Waals surface area contributed by atoms with E-state index in [0.717, 1.165) is 0 Å². The predicted molar refractivity (Wildman–Crippen MR) is 73.5 cm³/mol. The molecule has 0 unspecified atom stereocenters. The highest BCUT2D eigenvalue weighted by molar-refractivity contribution is 6.07. The average Bonchev–Trinajstić information content (AvgIpc) is 2.55. The van der Waals surface area contributed by atoms with Gasteiger partial charge in [-0.25, -0.2) is 4.79 Å². The Hall–Kier alpha value is -2.04. The van der Waals surface area contributed by atoms with Crippen LogP contribution in [0.15, 0.2) is 18.2 Å². The molecule has 3 N–H and O–H groups in total. The summed E-state index contributed by atoms with van der Waals surface area (Å²) in [5, 5.41) is 15.2. The molecule has 1 amide bonds. The SMILES string of the molecule is CCC1(CC)CNc2cccc(C(=O)O)c2NC1=O. The van der Waals surface area contributed by atoms with Crippen molar-refractivity contribution in [1.29, 1.82) is 0 Å². The summed E-state index contributed by atoms with van der Waals surface area (Å²) >= 11 is 0. The van der Waals surface area contributed by atoms with E-state index in [9.17, 15) is 14.7 Å². The smallest absolute Gasteiger partial charge is 0.337 e. The normalized spacial score (nSPS) is 16.8.